The fourth-order valence-electron chi connectivity index (χ4n) is 1.72. The van der Waals surface area contributed by atoms with Crippen molar-refractivity contribution in [3.8, 4) is 5.88 Å². The van der Waals surface area contributed by atoms with Crippen molar-refractivity contribution in [2.75, 3.05) is 19.8 Å². The Morgan fingerprint density at radius 3 is 2.68 bits per heavy atom. The largest absolute Gasteiger partial charge is 0.478 e. The van der Waals surface area contributed by atoms with Gasteiger partial charge in [-0.15, -0.1) is 0 Å². The summed E-state index contributed by atoms with van der Waals surface area (Å²) in [7, 11) is 0. The van der Waals surface area contributed by atoms with Gasteiger partial charge in [-0.1, -0.05) is 13.8 Å². The van der Waals surface area contributed by atoms with E-state index in [1.165, 1.54) is 0 Å². The van der Waals surface area contributed by atoms with Crippen LogP contribution in [0.1, 0.15) is 39.2 Å². The number of ether oxygens (including phenoxy) is 1. The molecule has 124 valence electrons. The number of nitrogens with zero attached hydrogens (tertiary/aromatic N) is 2. The number of pyridine rings is 1. The van der Waals surface area contributed by atoms with Crippen molar-refractivity contribution in [2.24, 2.45) is 16.3 Å². The van der Waals surface area contributed by atoms with Crippen molar-refractivity contribution in [2.45, 2.75) is 33.6 Å². The zero-order valence-electron chi connectivity index (χ0n) is 13.5. The molecule has 0 aliphatic carbocycles. The maximum absolute atomic E-state index is 5.82. The van der Waals surface area contributed by atoms with Crippen LogP contribution in [0.3, 0.4) is 0 Å². The molecule has 0 fully saturated rings. The van der Waals surface area contributed by atoms with E-state index in [0.717, 1.165) is 24.9 Å². The monoisotopic (exact) mass is 326 g/mol. The van der Waals surface area contributed by atoms with E-state index >= 15 is 0 Å². The van der Waals surface area contributed by atoms with Gasteiger partial charge in [-0.05, 0) is 44.2 Å². The minimum atomic E-state index is 0.144. The number of hydrogen-bond donors (Lipinski definition) is 3. The van der Waals surface area contributed by atoms with E-state index in [9.17, 15) is 0 Å². The van der Waals surface area contributed by atoms with Crippen LogP contribution in [0.2, 0.25) is 0 Å². The molecule has 0 aliphatic rings. The lowest BCUT2D eigenvalue weighted by Crippen LogP contribution is -2.19. The summed E-state index contributed by atoms with van der Waals surface area (Å²) in [5, 5.41) is 4.01. The standard InChI is InChI=1S/C15H26N4O2S/c1-4-18-19-14(16)12-5-6-13(17-11-12)20-9-7-15(2,3)8-10-21-22/h5-6,11,18,22H,4,7-10H2,1-3H3,(H2,16,19). The number of thiol groups is 1. The molecule has 0 amide bonds. The van der Waals surface area contributed by atoms with E-state index in [0.29, 0.717) is 24.9 Å². The minimum Gasteiger partial charge on any atom is -0.478 e. The van der Waals surface area contributed by atoms with Gasteiger partial charge < -0.3 is 20.1 Å². The Morgan fingerprint density at radius 2 is 2.09 bits per heavy atom. The molecule has 0 atom stereocenters. The van der Waals surface area contributed by atoms with Gasteiger partial charge in [0, 0.05) is 24.4 Å². The Hall–Kier alpha value is -1.47. The van der Waals surface area contributed by atoms with Crippen molar-refractivity contribution >= 4 is 18.7 Å². The molecule has 0 unspecified atom stereocenters. The summed E-state index contributed by atoms with van der Waals surface area (Å²) in [6, 6.07) is 3.64. The van der Waals surface area contributed by atoms with E-state index in [1.54, 1.807) is 12.3 Å². The highest BCUT2D eigenvalue weighted by atomic mass is 32.1. The number of hydrazone groups is 1. The van der Waals surface area contributed by atoms with Gasteiger partial charge in [0.25, 0.3) is 0 Å². The molecule has 6 nitrogen and oxygen atoms in total. The third-order valence-corrected chi connectivity index (χ3v) is 3.47. The molecule has 0 aliphatic heterocycles. The quantitative estimate of drug-likeness (QED) is 0.202. The van der Waals surface area contributed by atoms with Crippen molar-refractivity contribution in [3.63, 3.8) is 0 Å². The molecule has 1 aromatic rings. The van der Waals surface area contributed by atoms with Gasteiger partial charge in [0.2, 0.25) is 5.88 Å². The van der Waals surface area contributed by atoms with Crippen LogP contribution in [0.25, 0.3) is 0 Å². The van der Waals surface area contributed by atoms with E-state index in [-0.39, 0.29) is 5.41 Å². The van der Waals surface area contributed by atoms with Crippen LogP contribution in [0.15, 0.2) is 23.4 Å². The summed E-state index contributed by atoms with van der Waals surface area (Å²) in [5.74, 6) is 0.995. The van der Waals surface area contributed by atoms with Gasteiger partial charge in [0.15, 0.2) is 5.84 Å². The first-order valence-electron chi connectivity index (χ1n) is 7.40. The molecule has 0 saturated heterocycles. The topological polar surface area (TPSA) is 81.8 Å². The van der Waals surface area contributed by atoms with Crippen LogP contribution in [0, 0.1) is 5.41 Å². The van der Waals surface area contributed by atoms with Gasteiger partial charge in [-0.2, -0.15) is 5.10 Å². The summed E-state index contributed by atoms with van der Waals surface area (Å²) >= 11 is 3.76. The summed E-state index contributed by atoms with van der Waals surface area (Å²) in [4.78, 5) is 4.24. The van der Waals surface area contributed by atoms with Crippen LogP contribution in [0.4, 0.5) is 0 Å². The Labute approximate surface area is 138 Å². The summed E-state index contributed by atoms with van der Waals surface area (Å²) in [6.45, 7) is 8.27. The summed E-state index contributed by atoms with van der Waals surface area (Å²) < 4.78 is 10.5. The number of rotatable bonds is 10. The van der Waals surface area contributed by atoms with Gasteiger partial charge in [-0.3, -0.25) is 0 Å². The van der Waals surface area contributed by atoms with Gasteiger partial charge in [-0.25, -0.2) is 4.98 Å². The molecule has 1 aromatic heterocycles. The van der Waals surface area contributed by atoms with Crippen LogP contribution in [0.5, 0.6) is 5.88 Å². The van der Waals surface area contributed by atoms with Crippen molar-refractivity contribution in [1.29, 1.82) is 0 Å². The minimum absolute atomic E-state index is 0.144. The van der Waals surface area contributed by atoms with Crippen LogP contribution in [-0.2, 0) is 4.18 Å². The van der Waals surface area contributed by atoms with Gasteiger partial charge in [0.1, 0.15) is 0 Å². The predicted octanol–water partition coefficient (Wildman–Crippen LogP) is 2.36. The number of aromatic nitrogens is 1. The second kappa shape index (κ2) is 9.53. The molecule has 0 spiro atoms. The van der Waals surface area contributed by atoms with E-state index in [1.807, 2.05) is 13.0 Å². The molecule has 0 bridgehead atoms. The lowest BCUT2D eigenvalue weighted by molar-refractivity contribution is 0.189. The van der Waals surface area contributed by atoms with Gasteiger partial charge in [0.05, 0.1) is 13.2 Å². The molecular formula is C15H26N4O2S. The number of nitrogens with two attached hydrogens (primary N) is 1. The molecule has 1 rings (SSSR count). The molecule has 22 heavy (non-hydrogen) atoms. The first-order chi connectivity index (χ1) is 10.5. The first kappa shape index (κ1) is 18.6. The summed E-state index contributed by atoms with van der Waals surface area (Å²) in [6.07, 6.45) is 3.51. The van der Waals surface area contributed by atoms with Crippen molar-refractivity contribution < 1.29 is 8.92 Å². The maximum Gasteiger partial charge on any atom is 0.213 e. The van der Waals surface area contributed by atoms with E-state index < -0.39 is 0 Å². The molecule has 1 heterocycles. The fourth-order valence-corrected chi connectivity index (χ4v) is 1.82. The SMILES string of the molecule is CCN/N=C(\N)c1ccc(OCCC(C)(C)CCOS)nc1. The average Bonchev–Trinajstić information content (AvgIpc) is 2.51. The highest BCUT2D eigenvalue weighted by Gasteiger charge is 2.17. The highest BCUT2D eigenvalue weighted by Crippen LogP contribution is 2.25. The third kappa shape index (κ3) is 7.00. The predicted molar refractivity (Wildman–Crippen MR) is 92.1 cm³/mol. The fraction of sp³-hybridized carbons (Fsp3) is 0.600. The molecule has 3 N–H and O–H groups in total. The second-order valence-electron chi connectivity index (χ2n) is 5.74. The lowest BCUT2D eigenvalue weighted by Gasteiger charge is -2.23. The second-order valence-corrected chi connectivity index (χ2v) is 6.00. The van der Waals surface area contributed by atoms with Crippen molar-refractivity contribution in [3.05, 3.63) is 23.9 Å². The Kier molecular flexibility index (Phi) is 8.05. The molecular weight excluding hydrogens is 300 g/mol. The smallest absolute Gasteiger partial charge is 0.213 e. The summed E-state index contributed by atoms with van der Waals surface area (Å²) in [5.41, 5.74) is 9.55. The average molecular weight is 326 g/mol. The molecule has 0 radical (unpaired) electrons. The number of hydrogen-bond acceptors (Lipinski definition) is 6. The van der Waals surface area contributed by atoms with Crippen LogP contribution in [-0.4, -0.2) is 30.6 Å². The zero-order chi connectivity index (χ0) is 16.4. The zero-order valence-corrected chi connectivity index (χ0v) is 14.4. The Balaban J connectivity index is 2.45. The molecule has 0 aromatic carbocycles. The Bertz CT molecular complexity index is 463. The van der Waals surface area contributed by atoms with Crippen LogP contribution < -0.4 is 15.9 Å². The molecule has 0 saturated carbocycles. The third-order valence-electron chi connectivity index (χ3n) is 3.29. The van der Waals surface area contributed by atoms with E-state index in [4.69, 9.17) is 14.7 Å². The highest BCUT2D eigenvalue weighted by molar-refractivity contribution is 7.75. The van der Waals surface area contributed by atoms with Gasteiger partial charge >= 0.3 is 0 Å². The normalized spacial score (nSPS) is 12.3. The van der Waals surface area contributed by atoms with Crippen molar-refractivity contribution in [1.82, 2.24) is 10.4 Å². The molecule has 7 heteroatoms. The lowest BCUT2D eigenvalue weighted by atomic mass is 9.86. The Morgan fingerprint density at radius 1 is 1.36 bits per heavy atom. The van der Waals surface area contributed by atoms with Crippen LogP contribution >= 0.6 is 12.9 Å². The number of nitrogens with one attached hydrogen (secondary N) is 1. The number of amidine groups is 1. The van der Waals surface area contributed by atoms with E-state index in [2.05, 4.69) is 42.3 Å². The first-order valence-corrected chi connectivity index (χ1v) is 7.76. The maximum atomic E-state index is 5.82.